The summed E-state index contributed by atoms with van der Waals surface area (Å²) in [6, 6.07) is 7.41. The molecule has 1 aromatic carbocycles. The van der Waals surface area contributed by atoms with Gasteiger partial charge in [-0.15, -0.1) is 0 Å². The van der Waals surface area contributed by atoms with Crippen LogP contribution in [0.5, 0.6) is 0 Å². The van der Waals surface area contributed by atoms with E-state index in [1.54, 1.807) is 6.07 Å². The van der Waals surface area contributed by atoms with Gasteiger partial charge in [0.25, 0.3) is 5.91 Å². The van der Waals surface area contributed by atoms with Gasteiger partial charge in [0.15, 0.2) is 11.5 Å². The fourth-order valence-electron chi connectivity index (χ4n) is 1.74. The van der Waals surface area contributed by atoms with Crippen molar-refractivity contribution in [2.45, 2.75) is 6.92 Å². The number of furan rings is 1. The number of carbonyl (C=O) groups is 3. The zero-order valence-corrected chi connectivity index (χ0v) is 11.5. The molecule has 0 atom stereocenters. The lowest BCUT2D eigenvalue weighted by Crippen LogP contribution is -2.13. The average molecular weight is 287 g/mol. The van der Waals surface area contributed by atoms with Crippen LogP contribution < -0.4 is 5.32 Å². The third-order valence-electron chi connectivity index (χ3n) is 2.76. The van der Waals surface area contributed by atoms with Gasteiger partial charge in [0, 0.05) is 11.3 Å². The Hall–Kier alpha value is -2.89. The Balaban J connectivity index is 2.34. The van der Waals surface area contributed by atoms with Crippen LogP contribution in [0.2, 0.25) is 0 Å². The van der Waals surface area contributed by atoms with E-state index in [9.17, 15) is 14.4 Å². The molecular weight excluding hydrogens is 274 g/mol. The first-order valence-electron chi connectivity index (χ1n) is 6.10. The maximum absolute atomic E-state index is 11.9. The third kappa shape index (κ3) is 3.36. The van der Waals surface area contributed by atoms with Crippen molar-refractivity contribution in [3.05, 3.63) is 53.5 Å². The van der Waals surface area contributed by atoms with E-state index in [0.29, 0.717) is 11.3 Å². The van der Waals surface area contributed by atoms with Crippen LogP contribution >= 0.6 is 0 Å². The van der Waals surface area contributed by atoms with E-state index in [-0.39, 0.29) is 17.1 Å². The summed E-state index contributed by atoms with van der Waals surface area (Å²) in [5, 5.41) is 2.57. The highest BCUT2D eigenvalue weighted by Gasteiger charge is 2.14. The molecule has 1 amide bonds. The molecule has 6 nitrogen and oxygen atoms in total. The lowest BCUT2D eigenvalue weighted by atomic mass is 10.1. The van der Waals surface area contributed by atoms with Gasteiger partial charge in [-0.05, 0) is 37.3 Å². The van der Waals surface area contributed by atoms with Crippen molar-refractivity contribution in [1.29, 1.82) is 0 Å². The normalized spacial score (nSPS) is 10.0. The molecule has 1 heterocycles. The number of carbonyl (C=O) groups excluding carboxylic acids is 3. The number of benzene rings is 1. The van der Waals surface area contributed by atoms with Gasteiger partial charge >= 0.3 is 5.97 Å². The monoisotopic (exact) mass is 287 g/mol. The summed E-state index contributed by atoms with van der Waals surface area (Å²) in [6.07, 6.45) is 1.38. The number of methoxy groups -OCH3 is 1. The second kappa shape index (κ2) is 6.04. The van der Waals surface area contributed by atoms with Crippen LogP contribution in [0.25, 0.3) is 0 Å². The van der Waals surface area contributed by atoms with Crippen LogP contribution in [0, 0.1) is 0 Å². The van der Waals surface area contributed by atoms with Gasteiger partial charge in [0.05, 0.1) is 18.9 Å². The molecule has 1 N–H and O–H groups in total. The predicted octanol–water partition coefficient (Wildman–Crippen LogP) is 2.52. The van der Waals surface area contributed by atoms with Crippen LogP contribution in [-0.4, -0.2) is 24.8 Å². The Bertz CT molecular complexity index is 688. The summed E-state index contributed by atoms with van der Waals surface area (Å²) in [5.41, 5.74) is 0.789. The highest BCUT2D eigenvalue weighted by atomic mass is 16.5. The molecule has 0 bridgehead atoms. The number of ether oxygens (including phenoxy) is 1. The van der Waals surface area contributed by atoms with Crippen molar-refractivity contribution in [2.75, 3.05) is 12.4 Å². The molecule has 0 spiro atoms. The molecule has 0 saturated heterocycles. The summed E-state index contributed by atoms with van der Waals surface area (Å²) in [5.74, 6) is -1.17. The van der Waals surface area contributed by atoms with Crippen molar-refractivity contribution >= 4 is 23.3 Å². The Kier molecular flexibility index (Phi) is 4.18. The fraction of sp³-hybridized carbons (Fsp3) is 0.133. The number of hydrogen-bond acceptors (Lipinski definition) is 5. The minimum absolute atomic E-state index is 0.128. The number of anilines is 1. The minimum Gasteiger partial charge on any atom is -0.465 e. The molecule has 0 radical (unpaired) electrons. The standard InChI is InChI=1S/C15H13NO5/c1-9(17)10-6-11(15(19)20-2)8-12(7-10)16-14(18)13-4-3-5-21-13/h3-8H,1-2H3,(H,16,18). The van der Waals surface area contributed by atoms with Gasteiger partial charge in [-0.2, -0.15) is 0 Å². The number of Topliss-reactive ketones (excluding diaryl/α,β-unsaturated/α-hetero) is 1. The van der Waals surface area contributed by atoms with Crippen LogP contribution in [0.3, 0.4) is 0 Å². The summed E-state index contributed by atoms with van der Waals surface area (Å²) in [7, 11) is 1.24. The van der Waals surface area contributed by atoms with Gasteiger partial charge in [-0.1, -0.05) is 0 Å². The average Bonchev–Trinajstić information content (AvgIpc) is 3.00. The second-order valence-electron chi connectivity index (χ2n) is 4.28. The van der Waals surface area contributed by atoms with Crippen LogP contribution in [0.1, 0.15) is 38.2 Å². The van der Waals surface area contributed by atoms with Crippen LogP contribution in [0.4, 0.5) is 5.69 Å². The lowest BCUT2D eigenvalue weighted by Gasteiger charge is -2.08. The molecule has 0 fully saturated rings. The fourth-order valence-corrected chi connectivity index (χ4v) is 1.74. The smallest absolute Gasteiger partial charge is 0.337 e. The quantitative estimate of drug-likeness (QED) is 0.689. The zero-order chi connectivity index (χ0) is 15.4. The molecule has 6 heteroatoms. The van der Waals surface area contributed by atoms with E-state index in [1.807, 2.05) is 0 Å². The molecule has 0 unspecified atom stereocenters. The number of rotatable bonds is 4. The Morgan fingerprint density at radius 1 is 1.14 bits per heavy atom. The second-order valence-corrected chi connectivity index (χ2v) is 4.28. The Morgan fingerprint density at radius 3 is 2.43 bits per heavy atom. The molecule has 0 aliphatic carbocycles. The number of amides is 1. The summed E-state index contributed by atoms with van der Waals surface area (Å²) in [4.78, 5) is 35.0. The van der Waals surface area contributed by atoms with E-state index in [0.717, 1.165) is 0 Å². The topological polar surface area (TPSA) is 85.6 Å². The van der Waals surface area contributed by atoms with Crippen LogP contribution in [-0.2, 0) is 4.74 Å². The molecule has 21 heavy (non-hydrogen) atoms. The first-order chi connectivity index (χ1) is 10.0. The van der Waals surface area contributed by atoms with E-state index in [4.69, 9.17) is 4.42 Å². The van der Waals surface area contributed by atoms with Gasteiger partial charge < -0.3 is 14.5 Å². The highest BCUT2D eigenvalue weighted by molar-refractivity contribution is 6.05. The summed E-state index contributed by atoms with van der Waals surface area (Å²) < 4.78 is 9.60. The zero-order valence-electron chi connectivity index (χ0n) is 11.5. The summed E-state index contributed by atoms with van der Waals surface area (Å²) >= 11 is 0. The predicted molar refractivity (Wildman–Crippen MR) is 74.4 cm³/mol. The molecular formula is C15H13NO5. The van der Waals surface area contributed by atoms with Crippen molar-refractivity contribution in [3.8, 4) is 0 Å². The minimum atomic E-state index is -0.591. The Morgan fingerprint density at radius 2 is 1.86 bits per heavy atom. The molecule has 2 aromatic rings. The van der Waals surface area contributed by atoms with Gasteiger partial charge in [-0.25, -0.2) is 4.79 Å². The summed E-state index contributed by atoms with van der Waals surface area (Å²) in [6.45, 7) is 1.37. The molecule has 1 aromatic heterocycles. The first kappa shape index (κ1) is 14.5. The molecule has 0 aliphatic heterocycles. The third-order valence-corrected chi connectivity index (χ3v) is 2.76. The van der Waals surface area contributed by atoms with E-state index >= 15 is 0 Å². The van der Waals surface area contributed by atoms with Crippen molar-refractivity contribution in [2.24, 2.45) is 0 Å². The number of esters is 1. The SMILES string of the molecule is COC(=O)c1cc(NC(=O)c2ccco2)cc(C(C)=O)c1. The largest absolute Gasteiger partial charge is 0.465 e. The maximum atomic E-state index is 11.9. The molecule has 0 saturated carbocycles. The highest BCUT2D eigenvalue weighted by Crippen LogP contribution is 2.17. The van der Waals surface area contributed by atoms with E-state index in [2.05, 4.69) is 10.1 Å². The van der Waals surface area contributed by atoms with Crippen molar-refractivity contribution < 1.29 is 23.5 Å². The van der Waals surface area contributed by atoms with Crippen molar-refractivity contribution in [3.63, 3.8) is 0 Å². The van der Waals surface area contributed by atoms with E-state index < -0.39 is 11.9 Å². The van der Waals surface area contributed by atoms with Gasteiger partial charge in [0.1, 0.15) is 0 Å². The van der Waals surface area contributed by atoms with Crippen molar-refractivity contribution in [1.82, 2.24) is 0 Å². The maximum Gasteiger partial charge on any atom is 0.337 e. The van der Waals surface area contributed by atoms with Gasteiger partial charge in [-0.3, -0.25) is 9.59 Å². The first-order valence-corrected chi connectivity index (χ1v) is 6.10. The lowest BCUT2D eigenvalue weighted by molar-refractivity contribution is 0.0600. The van der Waals surface area contributed by atoms with Crippen LogP contribution in [0.15, 0.2) is 41.0 Å². The van der Waals surface area contributed by atoms with Gasteiger partial charge in [0.2, 0.25) is 0 Å². The number of ketones is 1. The molecule has 2 rings (SSSR count). The number of nitrogens with one attached hydrogen (secondary N) is 1. The molecule has 0 aliphatic rings. The Labute approximate surface area is 120 Å². The van der Waals surface area contributed by atoms with E-state index in [1.165, 1.54) is 44.6 Å². The molecule has 108 valence electrons. The number of hydrogen-bond donors (Lipinski definition) is 1.